The van der Waals surface area contributed by atoms with Crippen molar-refractivity contribution < 1.29 is 24.2 Å². The quantitative estimate of drug-likeness (QED) is 0.398. The summed E-state index contributed by atoms with van der Waals surface area (Å²) in [5.41, 5.74) is 3.81. The summed E-state index contributed by atoms with van der Waals surface area (Å²) in [6.45, 7) is 0.864. The van der Waals surface area contributed by atoms with Gasteiger partial charge in [0.1, 0.15) is 12.1 Å². The molecule has 2 aromatic rings. The van der Waals surface area contributed by atoms with Gasteiger partial charge < -0.3 is 20.5 Å². The molecule has 0 spiro atoms. The van der Waals surface area contributed by atoms with Crippen LogP contribution in [0.15, 0.2) is 48.5 Å². The number of rotatable bonds is 12. The van der Waals surface area contributed by atoms with Crippen molar-refractivity contribution in [2.75, 3.05) is 13.2 Å². The fourth-order valence-electron chi connectivity index (χ4n) is 4.63. The summed E-state index contributed by atoms with van der Waals surface area (Å²) in [4.78, 5) is 35.1. The topological polar surface area (TPSA) is 105 Å². The smallest absolute Gasteiger partial charge is 0.407 e. The highest BCUT2D eigenvalue weighted by atomic mass is 16.5. The van der Waals surface area contributed by atoms with Crippen LogP contribution in [0.2, 0.25) is 0 Å². The molecule has 0 unspecified atom stereocenters. The highest BCUT2D eigenvalue weighted by molar-refractivity contribution is 5.89. The lowest BCUT2D eigenvalue weighted by Gasteiger charge is -2.14. The molecular formula is C27H32N2O5. The van der Waals surface area contributed by atoms with E-state index in [1.165, 1.54) is 22.3 Å². The molecule has 180 valence electrons. The summed E-state index contributed by atoms with van der Waals surface area (Å²) < 4.78 is 5.54. The zero-order valence-electron chi connectivity index (χ0n) is 19.3. The molecule has 0 radical (unpaired) electrons. The summed E-state index contributed by atoms with van der Waals surface area (Å²) in [5, 5.41) is 14.6. The number of carbonyl (C=O) groups is 3. The van der Waals surface area contributed by atoms with E-state index in [1.807, 2.05) is 24.3 Å². The molecule has 0 bridgehead atoms. The highest BCUT2D eigenvalue weighted by Crippen LogP contribution is 2.44. The van der Waals surface area contributed by atoms with Crippen LogP contribution in [0.1, 0.15) is 68.4 Å². The van der Waals surface area contributed by atoms with E-state index in [-0.39, 0.29) is 11.8 Å². The van der Waals surface area contributed by atoms with Gasteiger partial charge in [0.15, 0.2) is 0 Å². The maximum Gasteiger partial charge on any atom is 0.407 e. The first-order valence-corrected chi connectivity index (χ1v) is 12.1. The van der Waals surface area contributed by atoms with Gasteiger partial charge in [-0.15, -0.1) is 0 Å². The molecule has 0 aromatic heterocycles. The Morgan fingerprint density at radius 3 is 2.09 bits per heavy atom. The largest absolute Gasteiger partial charge is 0.480 e. The fourth-order valence-corrected chi connectivity index (χ4v) is 4.63. The molecule has 2 aromatic carbocycles. The second kappa shape index (κ2) is 10.7. The second-order valence-electron chi connectivity index (χ2n) is 9.21. The molecule has 3 N–H and O–H groups in total. The summed E-state index contributed by atoms with van der Waals surface area (Å²) in [6.07, 6.45) is 5.39. The van der Waals surface area contributed by atoms with E-state index in [9.17, 15) is 14.4 Å². The normalized spacial score (nSPS) is 15.2. The van der Waals surface area contributed by atoms with E-state index in [0.717, 1.165) is 32.1 Å². The van der Waals surface area contributed by atoms with Crippen LogP contribution in [0.4, 0.5) is 4.79 Å². The SMILES string of the molecule is O=C(CCCCCCCNC(=O)OCC1c2ccccc2-c2ccccc21)NC1(C(=O)O)CC1. The molecule has 4 rings (SSSR count). The van der Waals surface area contributed by atoms with E-state index in [4.69, 9.17) is 9.84 Å². The van der Waals surface area contributed by atoms with Gasteiger partial charge >= 0.3 is 12.1 Å². The average Bonchev–Trinajstić information content (AvgIpc) is 3.55. The molecule has 0 aliphatic heterocycles. The van der Waals surface area contributed by atoms with Crippen LogP contribution >= 0.6 is 0 Å². The van der Waals surface area contributed by atoms with E-state index in [2.05, 4.69) is 34.9 Å². The van der Waals surface area contributed by atoms with Crippen LogP contribution in [-0.2, 0) is 14.3 Å². The summed E-state index contributed by atoms with van der Waals surface area (Å²) in [7, 11) is 0. The first-order chi connectivity index (χ1) is 16.5. The number of aliphatic carboxylic acids is 1. The Morgan fingerprint density at radius 2 is 1.47 bits per heavy atom. The first-order valence-electron chi connectivity index (χ1n) is 12.1. The maximum absolute atomic E-state index is 12.2. The van der Waals surface area contributed by atoms with E-state index in [1.54, 1.807) is 0 Å². The molecular weight excluding hydrogens is 432 g/mol. The maximum atomic E-state index is 12.2. The lowest BCUT2D eigenvalue weighted by molar-refractivity contribution is -0.143. The van der Waals surface area contributed by atoms with Crippen molar-refractivity contribution in [2.45, 2.75) is 62.8 Å². The third-order valence-corrected chi connectivity index (χ3v) is 6.73. The number of carbonyl (C=O) groups excluding carboxylic acids is 2. The number of hydrogen-bond donors (Lipinski definition) is 3. The molecule has 34 heavy (non-hydrogen) atoms. The fraction of sp³-hybridized carbons (Fsp3) is 0.444. The summed E-state index contributed by atoms with van der Waals surface area (Å²) in [5.74, 6) is -1.07. The molecule has 1 saturated carbocycles. The van der Waals surface area contributed by atoms with Gasteiger partial charge in [-0.2, -0.15) is 0 Å². The van der Waals surface area contributed by atoms with Crippen molar-refractivity contribution in [3.8, 4) is 11.1 Å². The van der Waals surface area contributed by atoms with Crippen LogP contribution in [0.3, 0.4) is 0 Å². The molecule has 0 atom stereocenters. The molecule has 7 heteroatoms. The molecule has 1 fully saturated rings. The first kappa shape index (κ1) is 23.8. The molecule has 2 aliphatic carbocycles. The third-order valence-electron chi connectivity index (χ3n) is 6.73. The Morgan fingerprint density at radius 1 is 0.882 bits per heavy atom. The predicted octanol–water partition coefficient (Wildman–Crippen LogP) is 4.60. The Labute approximate surface area is 199 Å². The lowest BCUT2D eigenvalue weighted by atomic mass is 9.98. The summed E-state index contributed by atoms with van der Waals surface area (Å²) >= 11 is 0. The molecule has 0 heterocycles. The van der Waals surface area contributed by atoms with Crippen molar-refractivity contribution in [1.29, 1.82) is 0 Å². The standard InChI is InChI=1S/C27H32N2O5/c30-24(29-27(15-16-27)25(31)32)14-4-2-1-3-9-17-28-26(33)34-18-23-21-12-7-5-10-19(21)20-11-6-8-13-22(20)23/h5-8,10-13,23H,1-4,9,14-18H2,(H,28,33)(H,29,30)(H,31,32). The Kier molecular flexibility index (Phi) is 7.50. The predicted molar refractivity (Wildman–Crippen MR) is 129 cm³/mol. The Balaban J connectivity index is 1.07. The van der Waals surface area contributed by atoms with Crippen LogP contribution in [0.25, 0.3) is 11.1 Å². The number of alkyl carbamates (subject to hydrolysis) is 1. The zero-order valence-corrected chi connectivity index (χ0v) is 19.3. The van der Waals surface area contributed by atoms with Gasteiger partial charge in [-0.25, -0.2) is 9.59 Å². The van der Waals surface area contributed by atoms with Crippen LogP contribution < -0.4 is 10.6 Å². The van der Waals surface area contributed by atoms with Crippen molar-refractivity contribution in [3.63, 3.8) is 0 Å². The number of amides is 2. The number of benzene rings is 2. The minimum Gasteiger partial charge on any atom is -0.480 e. The molecule has 7 nitrogen and oxygen atoms in total. The molecule has 0 saturated heterocycles. The number of ether oxygens (including phenoxy) is 1. The van der Waals surface area contributed by atoms with Gasteiger partial charge in [0.2, 0.25) is 5.91 Å². The highest BCUT2D eigenvalue weighted by Gasteiger charge is 2.51. The lowest BCUT2D eigenvalue weighted by Crippen LogP contribution is -2.42. The third kappa shape index (κ3) is 5.58. The van der Waals surface area contributed by atoms with Crippen molar-refractivity contribution >= 4 is 18.0 Å². The van der Waals surface area contributed by atoms with Gasteiger partial charge in [-0.1, -0.05) is 67.8 Å². The van der Waals surface area contributed by atoms with Crippen LogP contribution in [0, 0.1) is 0 Å². The van der Waals surface area contributed by atoms with Crippen LogP contribution in [-0.4, -0.2) is 41.8 Å². The number of nitrogens with one attached hydrogen (secondary N) is 2. The van der Waals surface area contributed by atoms with Crippen molar-refractivity contribution in [2.24, 2.45) is 0 Å². The number of carboxylic acid groups (broad SMARTS) is 1. The minimum atomic E-state index is -0.998. The Bertz CT molecular complexity index is 1000. The zero-order chi connectivity index (χ0) is 24.0. The van der Waals surface area contributed by atoms with E-state index >= 15 is 0 Å². The van der Waals surface area contributed by atoms with Gasteiger partial charge in [-0.3, -0.25) is 4.79 Å². The summed E-state index contributed by atoms with van der Waals surface area (Å²) in [6, 6.07) is 16.5. The van der Waals surface area contributed by atoms with E-state index < -0.39 is 17.6 Å². The number of hydrogen-bond acceptors (Lipinski definition) is 4. The number of carboxylic acids is 1. The van der Waals surface area contributed by atoms with E-state index in [0.29, 0.717) is 32.4 Å². The second-order valence-corrected chi connectivity index (χ2v) is 9.21. The average molecular weight is 465 g/mol. The number of unbranched alkanes of at least 4 members (excludes halogenated alkanes) is 4. The number of fused-ring (bicyclic) bond motifs is 3. The van der Waals surface area contributed by atoms with Gasteiger partial charge in [0.25, 0.3) is 0 Å². The van der Waals surface area contributed by atoms with Crippen LogP contribution in [0.5, 0.6) is 0 Å². The molecule has 2 amide bonds. The Hall–Kier alpha value is -3.35. The van der Waals surface area contributed by atoms with Gasteiger partial charge in [-0.05, 0) is 47.9 Å². The van der Waals surface area contributed by atoms with Crippen molar-refractivity contribution in [3.05, 3.63) is 59.7 Å². The minimum absolute atomic E-state index is 0.0562. The monoisotopic (exact) mass is 464 g/mol. The van der Waals surface area contributed by atoms with Gasteiger partial charge in [0.05, 0.1) is 0 Å². The molecule has 2 aliphatic rings. The van der Waals surface area contributed by atoms with Crippen molar-refractivity contribution in [1.82, 2.24) is 10.6 Å². The van der Waals surface area contributed by atoms with Gasteiger partial charge in [0, 0.05) is 18.9 Å².